The van der Waals surface area contributed by atoms with E-state index in [0.717, 1.165) is 18.4 Å². The molecule has 1 aromatic carbocycles. The molecule has 2 atom stereocenters. The van der Waals surface area contributed by atoms with Gasteiger partial charge < -0.3 is 10.0 Å². The van der Waals surface area contributed by atoms with Gasteiger partial charge in [-0.3, -0.25) is 4.79 Å². The quantitative estimate of drug-likeness (QED) is 0.910. The van der Waals surface area contributed by atoms with Gasteiger partial charge in [-0.05, 0) is 49.3 Å². The molecule has 1 heterocycles. The van der Waals surface area contributed by atoms with E-state index >= 15 is 0 Å². The van der Waals surface area contributed by atoms with Crippen molar-refractivity contribution in [1.82, 2.24) is 4.90 Å². The van der Waals surface area contributed by atoms with Gasteiger partial charge in [0, 0.05) is 13.0 Å². The summed E-state index contributed by atoms with van der Waals surface area (Å²) in [5.74, 6) is -1.27. The van der Waals surface area contributed by atoms with Crippen LogP contribution >= 0.6 is 0 Å². The van der Waals surface area contributed by atoms with Crippen molar-refractivity contribution < 1.29 is 19.1 Å². The van der Waals surface area contributed by atoms with Gasteiger partial charge >= 0.3 is 5.97 Å². The minimum atomic E-state index is -0.925. The minimum Gasteiger partial charge on any atom is -0.480 e. The average Bonchev–Trinajstić information content (AvgIpc) is 2.47. The predicted molar refractivity (Wildman–Crippen MR) is 80.9 cm³/mol. The van der Waals surface area contributed by atoms with Crippen molar-refractivity contribution in [1.29, 1.82) is 0 Å². The molecule has 0 bridgehead atoms. The summed E-state index contributed by atoms with van der Waals surface area (Å²) in [6.45, 7) is 2.45. The number of carbonyl (C=O) groups excluding carboxylic acids is 1. The molecule has 1 saturated heterocycles. The molecule has 22 heavy (non-hydrogen) atoms. The zero-order chi connectivity index (χ0) is 16.1. The molecule has 1 aliphatic heterocycles. The molecule has 1 aliphatic rings. The van der Waals surface area contributed by atoms with Crippen LogP contribution in [0, 0.1) is 11.7 Å². The fourth-order valence-corrected chi connectivity index (χ4v) is 3.04. The van der Waals surface area contributed by atoms with Gasteiger partial charge in [0.15, 0.2) is 0 Å². The Balaban J connectivity index is 1.93. The molecule has 2 rings (SSSR count). The molecular formula is C17H22FNO3. The van der Waals surface area contributed by atoms with E-state index in [2.05, 4.69) is 0 Å². The van der Waals surface area contributed by atoms with Crippen molar-refractivity contribution in [2.45, 2.75) is 45.1 Å². The van der Waals surface area contributed by atoms with Gasteiger partial charge in [-0.15, -0.1) is 0 Å². The molecule has 0 radical (unpaired) electrons. The molecule has 1 N–H and O–H groups in total. The van der Waals surface area contributed by atoms with Gasteiger partial charge in [-0.2, -0.15) is 0 Å². The first-order valence-corrected chi connectivity index (χ1v) is 7.74. The molecule has 0 saturated carbocycles. The van der Waals surface area contributed by atoms with Crippen LogP contribution in [0.25, 0.3) is 0 Å². The lowest BCUT2D eigenvalue weighted by Gasteiger charge is -2.33. The number of halogens is 1. The van der Waals surface area contributed by atoms with Gasteiger partial charge in [0.25, 0.3) is 0 Å². The summed E-state index contributed by atoms with van der Waals surface area (Å²) in [6.07, 6.45) is 3.13. The molecule has 1 aromatic rings. The summed E-state index contributed by atoms with van der Waals surface area (Å²) < 4.78 is 13.2. The SMILES string of the molecule is CC(CC(=O)N1CCCC[C@@H]1C(=O)O)Cc1cccc(F)c1. The van der Waals surface area contributed by atoms with Crippen LogP contribution in [-0.4, -0.2) is 34.5 Å². The average molecular weight is 307 g/mol. The summed E-state index contributed by atoms with van der Waals surface area (Å²) in [5.41, 5.74) is 0.855. The number of nitrogens with zero attached hydrogens (tertiary/aromatic N) is 1. The Bertz CT molecular complexity index is 546. The normalized spacial score (nSPS) is 19.7. The fourth-order valence-electron chi connectivity index (χ4n) is 3.04. The lowest BCUT2D eigenvalue weighted by atomic mass is 9.95. The number of amides is 1. The van der Waals surface area contributed by atoms with Crippen molar-refractivity contribution in [3.05, 3.63) is 35.6 Å². The van der Waals surface area contributed by atoms with E-state index in [0.29, 0.717) is 25.8 Å². The Kier molecular flexibility index (Phi) is 5.52. The minimum absolute atomic E-state index is 0.0469. The molecule has 0 aliphatic carbocycles. The van der Waals surface area contributed by atoms with Crippen molar-refractivity contribution in [2.24, 2.45) is 5.92 Å². The standard InChI is InChI=1S/C17H22FNO3/c1-12(9-13-5-4-6-14(18)11-13)10-16(20)19-8-3-2-7-15(19)17(21)22/h4-6,11-12,15H,2-3,7-10H2,1H3,(H,21,22)/t12?,15-/m1/s1. The molecule has 1 unspecified atom stereocenters. The van der Waals surface area contributed by atoms with E-state index in [1.54, 1.807) is 6.07 Å². The van der Waals surface area contributed by atoms with E-state index in [9.17, 15) is 19.1 Å². The number of aliphatic carboxylic acids is 1. The summed E-state index contributed by atoms with van der Waals surface area (Å²) >= 11 is 0. The van der Waals surface area contributed by atoms with Crippen LogP contribution in [0.15, 0.2) is 24.3 Å². The first kappa shape index (κ1) is 16.5. The number of carbonyl (C=O) groups is 2. The van der Waals surface area contributed by atoms with E-state index < -0.39 is 12.0 Å². The topological polar surface area (TPSA) is 57.6 Å². The Morgan fingerprint density at radius 3 is 2.86 bits per heavy atom. The van der Waals surface area contributed by atoms with Gasteiger partial charge in [0.05, 0.1) is 0 Å². The molecule has 5 heteroatoms. The van der Waals surface area contributed by atoms with E-state index in [-0.39, 0.29) is 17.6 Å². The van der Waals surface area contributed by atoms with Gasteiger partial charge in [-0.1, -0.05) is 19.1 Å². The highest BCUT2D eigenvalue weighted by Gasteiger charge is 2.32. The van der Waals surface area contributed by atoms with E-state index in [4.69, 9.17) is 0 Å². The third kappa shape index (κ3) is 4.29. The molecule has 1 amide bonds. The summed E-state index contributed by atoms with van der Waals surface area (Å²) in [7, 11) is 0. The molecular weight excluding hydrogens is 285 g/mol. The van der Waals surface area contributed by atoms with E-state index in [1.807, 2.05) is 13.0 Å². The highest BCUT2D eigenvalue weighted by Crippen LogP contribution is 2.21. The van der Waals surface area contributed by atoms with Crippen molar-refractivity contribution in [2.75, 3.05) is 6.54 Å². The highest BCUT2D eigenvalue weighted by molar-refractivity contribution is 5.84. The van der Waals surface area contributed by atoms with Crippen LogP contribution in [0.5, 0.6) is 0 Å². The van der Waals surface area contributed by atoms with Crippen LogP contribution in [0.2, 0.25) is 0 Å². The maximum atomic E-state index is 13.2. The number of carboxylic acid groups (broad SMARTS) is 1. The second kappa shape index (κ2) is 7.38. The second-order valence-electron chi connectivity index (χ2n) is 6.08. The van der Waals surface area contributed by atoms with Crippen molar-refractivity contribution in [3.63, 3.8) is 0 Å². The second-order valence-corrected chi connectivity index (χ2v) is 6.08. The third-order valence-corrected chi connectivity index (χ3v) is 4.10. The van der Waals surface area contributed by atoms with Crippen LogP contribution in [0.4, 0.5) is 4.39 Å². The van der Waals surface area contributed by atoms with Crippen LogP contribution in [-0.2, 0) is 16.0 Å². The van der Waals surface area contributed by atoms with E-state index in [1.165, 1.54) is 17.0 Å². The molecule has 120 valence electrons. The predicted octanol–water partition coefficient (Wildman–Crippen LogP) is 2.86. The maximum Gasteiger partial charge on any atom is 0.326 e. The Morgan fingerprint density at radius 2 is 2.18 bits per heavy atom. The number of rotatable bonds is 5. The Morgan fingerprint density at radius 1 is 1.41 bits per heavy atom. The zero-order valence-corrected chi connectivity index (χ0v) is 12.8. The molecule has 0 spiro atoms. The maximum absolute atomic E-state index is 13.2. The van der Waals surface area contributed by atoms with Crippen LogP contribution in [0.3, 0.4) is 0 Å². The number of likely N-dealkylation sites (tertiary alicyclic amines) is 1. The highest BCUT2D eigenvalue weighted by atomic mass is 19.1. The van der Waals surface area contributed by atoms with Gasteiger partial charge in [0.1, 0.15) is 11.9 Å². The third-order valence-electron chi connectivity index (χ3n) is 4.10. The summed E-state index contributed by atoms with van der Waals surface area (Å²) in [4.78, 5) is 25.1. The molecule has 1 fully saturated rings. The zero-order valence-electron chi connectivity index (χ0n) is 12.8. The summed E-state index contributed by atoms with van der Waals surface area (Å²) in [5, 5.41) is 9.22. The number of carboxylic acids is 1. The monoisotopic (exact) mass is 307 g/mol. The van der Waals surface area contributed by atoms with Crippen molar-refractivity contribution in [3.8, 4) is 0 Å². The van der Waals surface area contributed by atoms with Gasteiger partial charge in [-0.25, -0.2) is 9.18 Å². The number of hydrogen-bond acceptors (Lipinski definition) is 2. The lowest BCUT2D eigenvalue weighted by molar-refractivity contribution is -0.152. The Labute approximate surface area is 129 Å². The van der Waals surface area contributed by atoms with Gasteiger partial charge in [0.2, 0.25) is 5.91 Å². The molecule has 4 nitrogen and oxygen atoms in total. The Hall–Kier alpha value is -1.91. The fraction of sp³-hybridized carbons (Fsp3) is 0.529. The lowest BCUT2D eigenvalue weighted by Crippen LogP contribution is -2.48. The number of benzene rings is 1. The number of hydrogen-bond donors (Lipinski definition) is 1. The molecule has 0 aromatic heterocycles. The summed E-state index contributed by atoms with van der Waals surface area (Å²) in [6, 6.07) is 5.67. The first-order valence-electron chi connectivity index (χ1n) is 7.74. The number of piperidine rings is 1. The van der Waals surface area contributed by atoms with Crippen molar-refractivity contribution >= 4 is 11.9 Å². The van der Waals surface area contributed by atoms with Crippen LogP contribution in [0.1, 0.15) is 38.2 Å². The largest absolute Gasteiger partial charge is 0.480 e. The first-order chi connectivity index (χ1) is 10.5. The smallest absolute Gasteiger partial charge is 0.326 e. The van der Waals surface area contributed by atoms with Crippen LogP contribution < -0.4 is 0 Å².